The smallest absolute Gasteiger partial charge is 0.332 e. The molecule has 1 aliphatic heterocycles. The average Bonchev–Trinajstić information content (AvgIpc) is 3.49. The highest BCUT2D eigenvalue weighted by molar-refractivity contribution is 6.06. The number of methoxy groups -OCH3 is 1. The van der Waals surface area contributed by atoms with Gasteiger partial charge in [-0.3, -0.25) is 18.7 Å². The molecule has 34 heavy (non-hydrogen) atoms. The molecule has 8 heteroatoms. The van der Waals surface area contributed by atoms with Gasteiger partial charge in [-0.1, -0.05) is 30.3 Å². The Labute approximate surface area is 196 Å². The Balaban J connectivity index is 1.72. The Hall–Kier alpha value is -3.81. The van der Waals surface area contributed by atoms with Gasteiger partial charge >= 0.3 is 5.69 Å². The lowest BCUT2D eigenvalue weighted by molar-refractivity contribution is -0.130. The van der Waals surface area contributed by atoms with Gasteiger partial charge in [-0.25, -0.2) is 4.79 Å². The predicted octanol–water partition coefficient (Wildman–Crippen LogP) is 2.53. The maximum Gasteiger partial charge on any atom is 0.332 e. The molecule has 0 N–H and O–H groups in total. The van der Waals surface area contributed by atoms with Gasteiger partial charge in [-0.05, 0) is 43.0 Å². The summed E-state index contributed by atoms with van der Waals surface area (Å²) in [5.74, 6) is 0.521. The number of benzene rings is 2. The second kappa shape index (κ2) is 8.85. The van der Waals surface area contributed by atoms with E-state index in [1.165, 1.54) is 9.13 Å². The molecule has 1 aliphatic rings. The molecule has 3 heterocycles. The second-order valence-electron chi connectivity index (χ2n) is 8.79. The lowest BCUT2D eigenvalue weighted by Crippen LogP contribution is -2.43. The highest BCUT2D eigenvalue weighted by atomic mass is 16.5. The van der Waals surface area contributed by atoms with Gasteiger partial charge in [0.05, 0.1) is 18.1 Å². The highest BCUT2D eigenvalue weighted by Crippen LogP contribution is 2.29. The minimum atomic E-state index is -0.462. The molecule has 2 aromatic heterocycles. The van der Waals surface area contributed by atoms with Gasteiger partial charge in [0.15, 0.2) is 0 Å². The molecule has 2 aromatic carbocycles. The van der Waals surface area contributed by atoms with Crippen molar-refractivity contribution in [1.82, 2.24) is 18.6 Å². The average molecular weight is 461 g/mol. The Morgan fingerprint density at radius 3 is 2.41 bits per heavy atom. The quantitative estimate of drug-likeness (QED) is 0.443. The molecule has 0 radical (unpaired) electrons. The zero-order valence-corrected chi connectivity index (χ0v) is 19.5. The number of ether oxygens (including phenoxy) is 1. The van der Waals surface area contributed by atoms with Crippen LogP contribution in [0.3, 0.4) is 0 Å². The maximum atomic E-state index is 13.7. The summed E-state index contributed by atoms with van der Waals surface area (Å²) < 4.78 is 9.95. The molecule has 176 valence electrons. The van der Waals surface area contributed by atoms with E-state index in [0.717, 1.165) is 29.3 Å². The number of nitrogens with zero attached hydrogens (tertiary/aromatic N) is 4. The number of amides is 1. The number of hydrogen-bond acceptors (Lipinski definition) is 4. The lowest BCUT2D eigenvalue weighted by Gasteiger charge is -2.18. The number of rotatable bonds is 6. The summed E-state index contributed by atoms with van der Waals surface area (Å²) >= 11 is 0. The molecule has 1 saturated heterocycles. The van der Waals surface area contributed by atoms with Crippen LogP contribution in [0.5, 0.6) is 5.75 Å². The van der Waals surface area contributed by atoms with E-state index in [1.54, 1.807) is 12.0 Å². The largest absolute Gasteiger partial charge is 0.497 e. The highest BCUT2D eigenvalue weighted by Gasteiger charge is 2.24. The Morgan fingerprint density at radius 1 is 0.971 bits per heavy atom. The fraction of sp³-hybridized carbons (Fsp3) is 0.346. The summed E-state index contributed by atoms with van der Waals surface area (Å²) in [6, 6.07) is 15.3. The molecule has 0 spiro atoms. The summed E-state index contributed by atoms with van der Waals surface area (Å²) in [4.78, 5) is 42.2. The van der Waals surface area contributed by atoms with Crippen LogP contribution in [0.4, 0.5) is 0 Å². The normalized spacial score (nSPS) is 13.8. The molecular formula is C26H28N4O4. The monoisotopic (exact) mass is 460 g/mol. The van der Waals surface area contributed by atoms with Crippen LogP contribution in [0.1, 0.15) is 18.4 Å². The van der Waals surface area contributed by atoms with E-state index in [0.29, 0.717) is 36.3 Å². The molecule has 8 nitrogen and oxygen atoms in total. The minimum Gasteiger partial charge on any atom is -0.497 e. The van der Waals surface area contributed by atoms with E-state index in [-0.39, 0.29) is 24.6 Å². The Bertz CT molecular complexity index is 1490. The first-order valence-electron chi connectivity index (χ1n) is 11.6. The van der Waals surface area contributed by atoms with E-state index in [1.807, 2.05) is 60.1 Å². The van der Waals surface area contributed by atoms with Crippen molar-refractivity contribution in [1.29, 1.82) is 0 Å². The van der Waals surface area contributed by atoms with Gasteiger partial charge in [0, 0.05) is 32.1 Å². The lowest BCUT2D eigenvalue weighted by atomic mass is 10.1. The number of carbonyl (C=O) groups is 1. The zero-order valence-electron chi connectivity index (χ0n) is 19.5. The number of aryl methyl sites for hydroxylation is 2. The van der Waals surface area contributed by atoms with Crippen LogP contribution in [0.25, 0.3) is 21.9 Å². The third-order valence-electron chi connectivity index (χ3n) is 6.78. The molecule has 1 fully saturated rings. The first-order chi connectivity index (χ1) is 16.5. The standard InChI is InChI=1S/C26H28N4O4/c1-27-21-11-10-19(34-2)16-20(21)23-24(27)25(32)29(15-12-18-8-4-3-5-9-18)26(33)30(23)17-22(31)28-13-6-7-14-28/h3-5,8-11,16H,6-7,12-15,17H2,1-2H3. The topological polar surface area (TPSA) is 78.5 Å². The van der Waals surface area contributed by atoms with Crippen molar-refractivity contribution >= 4 is 27.8 Å². The van der Waals surface area contributed by atoms with Crippen molar-refractivity contribution in [2.45, 2.75) is 32.4 Å². The number of carbonyl (C=O) groups excluding carboxylic acids is 1. The first-order valence-corrected chi connectivity index (χ1v) is 11.6. The number of aromatic nitrogens is 3. The van der Waals surface area contributed by atoms with Crippen LogP contribution >= 0.6 is 0 Å². The van der Waals surface area contributed by atoms with E-state index < -0.39 is 5.69 Å². The van der Waals surface area contributed by atoms with Crippen molar-refractivity contribution in [3.05, 3.63) is 74.9 Å². The first kappa shape index (κ1) is 22.0. The Kier molecular flexibility index (Phi) is 5.73. The van der Waals surface area contributed by atoms with Crippen LogP contribution < -0.4 is 16.0 Å². The van der Waals surface area contributed by atoms with Gasteiger partial charge in [0.1, 0.15) is 17.8 Å². The molecule has 0 bridgehead atoms. The van der Waals surface area contributed by atoms with Crippen LogP contribution in [0, 0.1) is 0 Å². The van der Waals surface area contributed by atoms with Gasteiger partial charge in [0.25, 0.3) is 5.56 Å². The third-order valence-corrected chi connectivity index (χ3v) is 6.78. The zero-order chi connectivity index (χ0) is 23.8. The van der Waals surface area contributed by atoms with Crippen molar-refractivity contribution in [3.8, 4) is 5.75 Å². The number of likely N-dealkylation sites (tertiary alicyclic amines) is 1. The van der Waals surface area contributed by atoms with E-state index in [2.05, 4.69) is 0 Å². The van der Waals surface area contributed by atoms with Gasteiger partial charge in [-0.15, -0.1) is 0 Å². The van der Waals surface area contributed by atoms with Gasteiger partial charge < -0.3 is 14.2 Å². The molecule has 1 amide bonds. The maximum absolute atomic E-state index is 13.7. The number of hydrogen-bond donors (Lipinski definition) is 0. The fourth-order valence-corrected chi connectivity index (χ4v) is 4.94. The molecule has 4 aromatic rings. The summed E-state index contributed by atoms with van der Waals surface area (Å²) in [6.07, 6.45) is 2.48. The van der Waals surface area contributed by atoms with Crippen LogP contribution in [-0.4, -0.2) is 44.7 Å². The van der Waals surface area contributed by atoms with Crippen LogP contribution in [0.2, 0.25) is 0 Å². The molecule has 0 atom stereocenters. The summed E-state index contributed by atoms with van der Waals surface area (Å²) in [6.45, 7) is 1.54. The molecule has 0 unspecified atom stereocenters. The molecule has 0 saturated carbocycles. The second-order valence-corrected chi connectivity index (χ2v) is 8.79. The van der Waals surface area contributed by atoms with Crippen molar-refractivity contribution in [2.24, 2.45) is 7.05 Å². The SMILES string of the molecule is COc1ccc2c(c1)c1c(c(=O)n(CCc3ccccc3)c(=O)n1CC(=O)N1CCCC1)n2C. The van der Waals surface area contributed by atoms with Crippen molar-refractivity contribution < 1.29 is 9.53 Å². The van der Waals surface area contributed by atoms with Gasteiger partial charge in [-0.2, -0.15) is 0 Å². The summed E-state index contributed by atoms with van der Waals surface area (Å²) in [7, 11) is 3.39. The summed E-state index contributed by atoms with van der Waals surface area (Å²) in [5, 5.41) is 0.718. The van der Waals surface area contributed by atoms with E-state index in [9.17, 15) is 14.4 Å². The van der Waals surface area contributed by atoms with Crippen molar-refractivity contribution in [3.63, 3.8) is 0 Å². The van der Waals surface area contributed by atoms with E-state index in [4.69, 9.17) is 4.74 Å². The molecule has 0 aliphatic carbocycles. The predicted molar refractivity (Wildman–Crippen MR) is 131 cm³/mol. The molecule has 5 rings (SSSR count). The van der Waals surface area contributed by atoms with Gasteiger partial charge in [0.2, 0.25) is 5.91 Å². The van der Waals surface area contributed by atoms with E-state index >= 15 is 0 Å². The third kappa shape index (κ3) is 3.69. The Morgan fingerprint density at radius 2 is 1.71 bits per heavy atom. The summed E-state index contributed by atoms with van der Waals surface area (Å²) in [5.41, 5.74) is 1.92. The van der Waals surface area contributed by atoms with Crippen molar-refractivity contribution in [2.75, 3.05) is 20.2 Å². The molecular weight excluding hydrogens is 432 g/mol. The van der Waals surface area contributed by atoms with Crippen LogP contribution in [-0.2, 0) is 31.4 Å². The van der Waals surface area contributed by atoms with Crippen LogP contribution in [0.15, 0.2) is 58.1 Å². The number of fused-ring (bicyclic) bond motifs is 3. The minimum absolute atomic E-state index is 0.0999. The fourth-order valence-electron chi connectivity index (χ4n) is 4.94.